The molecule has 0 atom stereocenters. The summed E-state index contributed by atoms with van der Waals surface area (Å²) in [7, 11) is 0. The smallest absolute Gasteiger partial charge is 0.276 e. The summed E-state index contributed by atoms with van der Waals surface area (Å²) in [4.78, 5) is 14.1. The van der Waals surface area contributed by atoms with Gasteiger partial charge in [0.2, 0.25) is 0 Å². The molecule has 7 nitrogen and oxygen atoms in total. The number of nitrogen functional groups attached to an aromatic ring is 1. The molecule has 0 fully saturated rings. The Balaban J connectivity index is 2.17. The highest BCUT2D eigenvalue weighted by atomic mass is 19.2. The highest BCUT2D eigenvalue weighted by molar-refractivity contribution is 5.54. The number of hydrazine groups is 1. The third kappa shape index (κ3) is 3.60. The van der Waals surface area contributed by atoms with Crippen molar-refractivity contribution >= 4 is 17.3 Å². The predicted octanol–water partition coefficient (Wildman–Crippen LogP) is 2.17. The zero-order chi connectivity index (χ0) is 15.4. The Labute approximate surface area is 117 Å². The first-order chi connectivity index (χ1) is 9.99. The molecule has 21 heavy (non-hydrogen) atoms. The van der Waals surface area contributed by atoms with E-state index in [-0.39, 0.29) is 23.9 Å². The van der Waals surface area contributed by atoms with Crippen molar-refractivity contribution in [3.63, 3.8) is 0 Å². The van der Waals surface area contributed by atoms with E-state index in [2.05, 4.69) is 15.7 Å². The van der Waals surface area contributed by atoms with Gasteiger partial charge in [-0.25, -0.2) is 19.6 Å². The second kappa shape index (κ2) is 6.09. The minimum absolute atomic E-state index is 0.108. The number of rotatable bonds is 5. The maximum Gasteiger partial charge on any atom is 0.276 e. The molecule has 0 amide bonds. The van der Waals surface area contributed by atoms with Gasteiger partial charge >= 0.3 is 0 Å². The fourth-order valence-electron chi connectivity index (χ4n) is 1.63. The largest absolute Gasteiger partial charge is 0.366 e. The number of aromatic nitrogens is 1. The molecule has 1 heterocycles. The molecular formula is C12H11F2N5O2. The van der Waals surface area contributed by atoms with E-state index in [1.54, 1.807) is 0 Å². The first kappa shape index (κ1) is 14.6. The summed E-state index contributed by atoms with van der Waals surface area (Å²) in [6.07, 6.45) is 0. The summed E-state index contributed by atoms with van der Waals surface area (Å²) in [6.45, 7) is 0.120. The lowest BCUT2D eigenvalue weighted by Gasteiger charge is -2.08. The highest BCUT2D eigenvalue weighted by Gasteiger charge is 2.11. The molecule has 0 aliphatic heterocycles. The van der Waals surface area contributed by atoms with Gasteiger partial charge in [-0.15, -0.1) is 0 Å². The SMILES string of the molecule is NNc1cc([N+](=O)[O-])cc(NCc2ccc(F)c(F)c2)n1. The zero-order valence-corrected chi connectivity index (χ0v) is 10.6. The minimum atomic E-state index is -0.967. The first-order valence-electron chi connectivity index (χ1n) is 5.80. The third-order valence-electron chi connectivity index (χ3n) is 2.63. The van der Waals surface area contributed by atoms with Crippen LogP contribution in [-0.2, 0) is 6.54 Å². The van der Waals surface area contributed by atoms with E-state index >= 15 is 0 Å². The van der Waals surface area contributed by atoms with Gasteiger partial charge in [0, 0.05) is 6.54 Å². The Morgan fingerprint density at radius 1 is 1.19 bits per heavy atom. The van der Waals surface area contributed by atoms with Gasteiger partial charge in [-0.1, -0.05) is 6.07 Å². The van der Waals surface area contributed by atoms with Gasteiger partial charge in [-0.2, -0.15) is 0 Å². The van der Waals surface area contributed by atoms with Crippen LogP contribution >= 0.6 is 0 Å². The molecule has 9 heteroatoms. The molecule has 110 valence electrons. The average Bonchev–Trinajstić information content (AvgIpc) is 2.48. The number of pyridine rings is 1. The van der Waals surface area contributed by atoms with Crippen LogP contribution in [0.4, 0.5) is 26.1 Å². The Bertz CT molecular complexity index is 681. The average molecular weight is 295 g/mol. The number of nitrogens with zero attached hydrogens (tertiary/aromatic N) is 2. The number of halogens is 2. The summed E-state index contributed by atoms with van der Waals surface area (Å²) >= 11 is 0. The lowest BCUT2D eigenvalue weighted by molar-refractivity contribution is -0.384. The quantitative estimate of drug-likeness (QED) is 0.443. The number of nitro groups is 1. The molecule has 0 bridgehead atoms. The monoisotopic (exact) mass is 295 g/mol. The fourth-order valence-corrected chi connectivity index (χ4v) is 1.63. The van der Waals surface area contributed by atoms with Gasteiger partial charge in [0.05, 0.1) is 17.1 Å². The molecule has 0 spiro atoms. The van der Waals surface area contributed by atoms with Crippen molar-refractivity contribution in [2.75, 3.05) is 10.7 Å². The van der Waals surface area contributed by atoms with Crippen LogP contribution in [0.5, 0.6) is 0 Å². The van der Waals surface area contributed by atoms with Crippen molar-refractivity contribution in [2.24, 2.45) is 5.84 Å². The summed E-state index contributed by atoms with van der Waals surface area (Å²) in [5.41, 5.74) is 2.47. The lowest BCUT2D eigenvalue weighted by Crippen LogP contribution is -2.11. The van der Waals surface area contributed by atoms with Crippen LogP contribution in [0.2, 0.25) is 0 Å². The summed E-state index contributed by atoms with van der Waals surface area (Å²) in [5, 5.41) is 13.5. The number of anilines is 2. The molecule has 4 N–H and O–H groups in total. The summed E-state index contributed by atoms with van der Waals surface area (Å²) < 4.78 is 25.9. The maximum absolute atomic E-state index is 13.1. The third-order valence-corrected chi connectivity index (χ3v) is 2.63. The molecule has 0 aliphatic rings. The van der Waals surface area contributed by atoms with E-state index in [4.69, 9.17) is 5.84 Å². The topological polar surface area (TPSA) is 106 Å². The van der Waals surface area contributed by atoms with Crippen molar-refractivity contribution in [3.05, 3.63) is 57.6 Å². The van der Waals surface area contributed by atoms with E-state index in [9.17, 15) is 18.9 Å². The number of nitrogens with two attached hydrogens (primary N) is 1. The summed E-state index contributed by atoms with van der Waals surface area (Å²) in [5.74, 6) is 3.56. The van der Waals surface area contributed by atoms with E-state index in [0.717, 1.165) is 12.1 Å². The van der Waals surface area contributed by atoms with Crippen LogP contribution in [0.3, 0.4) is 0 Å². The Hall–Kier alpha value is -2.81. The van der Waals surface area contributed by atoms with Crippen LogP contribution in [0, 0.1) is 21.7 Å². The zero-order valence-electron chi connectivity index (χ0n) is 10.6. The van der Waals surface area contributed by atoms with Crippen molar-refractivity contribution in [1.29, 1.82) is 0 Å². The molecule has 0 unspecified atom stereocenters. The van der Waals surface area contributed by atoms with Crippen LogP contribution < -0.4 is 16.6 Å². The molecular weight excluding hydrogens is 284 g/mol. The lowest BCUT2D eigenvalue weighted by atomic mass is 10.2. The van der Waals surface area contributed by atoms with E-state index in [1.165, 1.54) is 18.2 Å². The number of hydrogen-bond acceptors (Lipinski definition) is 6. The van der Waals surface area contributed by atoms with Gasteiger partial charge in [0.25, 0.3) is 5.69 Å². The van der Waals surface area contributed by atoms with Crippen molar-refractivity contribution in [2.45, 2.75) is 6.54 Å². The number of benzene rings is 1. The van der Waals surface area contributed by atoms with Crippen LogP contribution in [0.1, 0.15) is 5.56 Å². The Morgan fingerprint density at radius 2 is 1.90 bits per heavy atom. The standard InChI is InChI=1S/C12H11F2N5O2/c13-9-2-1-7(3-10(9)14)6-16-11-4-8(19(20)21)5-12(17-11)18-15/h1-5H,6,15H2,(H2,16,17,18). The second-order valence-electron chi connectivity index (χ2n) is 4.10. The molecule has 2 aromatic rings. The molecule has 0 saturated carbocycles. The van der Waals surface area contributed by atoms with Crippen LogP contribution in [-0.4, -0.2) is 9.91 Å². The van der Waals surface area contributed by atoms with Crippen molar-refractivity contribution in [3.8, 4) is 0 Å². The second-order valence-corrected chi connectivity index (χ2v) is 4.10. The van der Waals surface area contributed by atoms with Gasteiger partial charge in [-0.05, 0) is 17.7 Å². The van der Waals surface area contributed by atoms with Gasteiger partial charge in [0.1, 0.15) is 11.6 Å². The van der Waals surface area contributed by atoms with Crippen LogP contribution in [0.25, 0.3) is 0 Å². The van der Waals surface area contributed by atoms with Gasteiger partial charge in [-0.3, -0.25) is 10.1 Å². The van der Waals surface area contributed by atoms with Crippen LogP contribution in [0.15, 0.2) is 30.3 Å². The van der Waals surface area contributed by atoms with Gasteiger partial charge in [0.15, 0.2) is 11.6 Å². The molecule has 0 saturated heterocycles. The van der Waals surface area contributed by atoms with Crippen molar-refractivity contribution in [1.82, 2.24) is 4.98 Å². The highest BCUT2D eigenvalue weighted by Crippen LogP contribution is 2.20. The molecule has 1 aromatic carbocycles. The fraction of sp³-hybridized carbons (Fsp3) is 0.0833. The molecule has 0 aliphatic carbocycles. The van der Waals surface area contributed by atoms with E-state index < -0.39 is 16.6 Å². The normalized spacial score (nSPS) is 10.2. The summed E-state index contributed by atoms with van der Waals surface area (Å²) in [6, 6.07) is 5.80. The predicted molar refractivity (Wildman–Crippen MR) is 72.4 cm³/mol. The number of nitrogens with one attached hydrogen (secondary N) is 2. The molecule has 1 aromatic heterocycles. The van der Waals surface area contributed by atoms with Crippen molar-refractivity contribution < 1.29 is 13.7 Å². The number of hydrogen-bond donors (Lipinski definition) is 3. The van der Waals surface area contributed by atoms with E-state index in [0.29, 0.717) is 5.56 Å². The van der Waals surface area contributed by atoms with E-state index in [1.807, 2.05) is 0 Å². The molecule has 2 rings (SSSR count). The molecule has 0 radical (unpaired) electrons. The maximum atomic E-state index is 13.1. The Morgan fingerprint density at radius 3 is 2.52 bits per heavy atom. The van der Waals surface area contributed by atoms with Gasteiger partial charge < -0.3 is 10.7 Å². The minimum Gasteiger partial charge on any atom is -0.366 e. The Kier molecular flexibility index (Phi) is 4.24. The first-order valence-corrected chi connectivity index (χ1v) is 5.80.